The number of carbonyl (C=O) groups is 3. The molecule has 0 spiro atoms. The number of likely N-dealkylation sites (tertiary alicyclic amines) is 1. The number of aliphatic hydroxyl groups is 1. The van der Waals surface area contributed by atoms with Crippen molar-refractivity contribution in [3.63, 3.8) is 0 Å². The third kappa shape index (κ3) is 4.08. The van der Waals surface area contributed by atoms with E-state index in [9.17, 15) is 19.5 Å². The first-order chi connectivity index (χ1) is 17.4. The van der Waals surface area contributed by atoms with Crippen LogP contribution >= 0.6 is 0 Å². The van der Waals surface area contributed by atoms with Crippen LogP contribution < -0.4 is 5.32 Å². The van der Waals surface area contributed by atoms with E-state index in [2.05, 4.69) is 52.7 Å². The second-order valence-electron chi connectivity index (χ2n) is 10.3. The number of nitrogens with one attached hydrogen (secondary N) is 1. The number of amides is 3. The molecule has 0 aromatic heterocycles. The minimum absolute atomic E-state index is 0.191. The molecule has 3 aromatic rings. The van der Waals surface area contributed by atoms with Crippen molar-refractivity contribution in [2.45, 2.75) is 50.4 Å². The van der Waals surface area contributed by atoms with Gasteiger partial charge >= 0.3 is 0 Å². The fourth-order valence-corrected chi connectivity index (χ4v) is 5.83. The van der Waals surface area contributed by atoms with E-state index in [1.54, 1.807) is 11.0 Å². The molecule has 2 saturated heterocycles. The Morgan fingerprint density at radius 3 is 2.50 bits per heavy atom. The molecule has 3 amide bonds. The van der Waals surface area contributed by atoms with Crippen LogP contribution in [0.2, 0.25) is 0 Å². The first kappa shape index (κ1) is 22.9. The Labute approximate surface area is 209 Å². The standard InChI is InChI=1S/C29H29N3O4/c33-26-10-9-25(27(34)30-26)32-18-22-16-23(7-8-24(22)28(32)35)29(36)11-13-31(14-12-29)17-19-5-6-20-3-1-2-4-21(20)15-19/h1-8,15-16,25,36H,9-14,17-18H2,(H,30,33,34). The lowest BCUT2D eigenvalue weighted by molar-refractivity contribution is -0.136. The third-order valence-electron chi connectivity index (χ3n) is 7.96. The molecule has 7 nitrogen and oxygen atoms in total. The Hall–Kier alpha value is -3.55. The fraction of sp³-hybridized carbons (Fsp3) is 0.345. The number of nitrogens with zero attached hydrogens (tertiary/aromatic N) is 2. The Morgan fingerprint density at radius 2 is 1.72 bits per heavy atom. The average molecular weight is 484 g/mol. The van der Waals surface area contributed by atoms with E-state index in [1.165, 1.54) is 16.3 Å². The van der Waals surface area contributed by atoms with Gasteiger partial charge < -0.3 is 10.0 Å². The van der Waals surface area contributed by atoms with Gasteiger partial charge in [0.05, 0.1) is 5.60 Å². The van der Waals surface area contributed by atoms with Crippen LogP contribution in [-0.4, -0.2) is 51.8 Å². The summed E-state index contributed by atoms with van der Waals surface area (Å²) in [6.45, 7) is 2.72. The summed E-state index contributed by atoms with van der Waals surface area (Å²) in [7, 11) is 0. The van der Waals surface area contributed by atoms with Gasteiger partial charge in [-0.25, -0.2) is 0 Å². The predicted octanol–water partition coefficient (Wildman–Crippen LogP) is 3.08. The summed E-state index contributed by atoms with van der Waals surface area (Å²) in [5.74, 6) is -0.898. The highest BCUT2D eigenvalue weighted by atomic mass is 16.3. The molecule has 7 heteroatoms. The maximum absolute atomic E-state index is 13.0. The maximum Gasteiger partial charge on any atom is 0.255 e. The zero-order chi connectivity index (χ0) is 24.9. The number of rotatable bonds is 4. The fourth-order valence-electron chi connectivity index (χ4n) is 5.83. The lowest BCUT2D eigenvalue weighted by Gasteiger charge is -2.38. The second-order valence-corrected chi connectivity index (χ2v) is 10.3. The summed E-state index contributed by atoms with van der Waals surface area (Å²) >= 11 is 0. The van der Waals surface area contributed by atoms with E-state index in [-0.39, 0.29) is 18.2 Å². The summed E-state index contributed by atoms with van der Waals surface area (Å²) in [5.41, 5.74) is 2.54. The van der Waals surface area contributed by atoms with Crippen LogP contribution in [0.1, 0.15) is 52.7 Å². The van der Waals surface area contributed by atoms with Gasteiger partial charge in [-0.2, -0.15) is 0 Å². The molecule has 0 bridgehead atoms. The summed E-state index contributed by atoms with van der Waals surface area (Å²) < 4.78 is 0. The van der Waals surface area contributed by atoms with Crippen LogP contribution in [0.3, 0.4) is 0 Å². The molecule has 2 fully saturated rings. The Balaban J connectivity index is 1.13. The predicted molar refractivity (Wildman–Crippen MR) is 135 cm³/mol. The number of hydrogen-bond acceptors (Lipinski definition) is 5. The van der Waals surface area contributed by atoms with Gasteiger partial charge in [-0.3, -0.25) is 24.6 Å². The van der Waals surface area contributed by atoms with E-state index in [0.717, 1.165) is 30.8 Å². The van der Waals surface area contributed by atoms with Gasteiger partial charge in [0, 0.05) is 38.2 Å². The van der Waals surface area contributed by atoms with Gasteiger partial charge in [-0.1, -0.05) is 48.5 Å². The zero-order valence-corrected chi connectivity index (χ0v) is 20.1. The average Bonchev–Trinajstić information content (AvgIpc) is 3.21. The highest BCUT2D eigenvalue weighted by Crippen LogP contribution is 2.37. The minimum atomic E-state index is -0.944. The molecular formula is C29H29N3O4. The number of imide groups is 1. The molecule has 3 heterocycles. The van der Waals surface area contributed by atoms with Crippen LogP contribution in [0.5, 0.6) is 0 Å². The summed E-state index contributed by atoms with van der Waals surface area (Å²) in [6, 6.07) is 19.9. The number of hydrogen-bond donors (Lipinski definition) is 2. The van der Waals surface area contributed by atoms with E-state index in [1.807, 2.05) is 12.1 Å². The monoisotopic (exact) mass is 483 g/mol. The van der Waals surface area contributed by atoms with Crippen molar-refractivity contribution < 1.29 is 19.5 Å². The van der Waals surface area contributed by atoms with Gasteiger partial charge in [0.2, 0.25) is 11.8 Å². The molecule has 1 atom stereocenters. The number of carbonyl (C=O) groups excluding carboxylic acids is 3. The van der Waals surface area contributed by atoms with Crippen LogP contribution in [0, 0.1) is 0 Å². The van der Waals surface area contributed by atoms with Gasteiger partial charge in [-0.05, 0) is 58.9 Å². The number of piperidine rings is 2. The van der Waals surface area contributed by atoms with Gasteiger partial charge in [0.25, 0.3) is 5.91 Å². The van der Waals surface area contributed by atoms with Crippen molar-refractivity contribution in [2.75, 3.05) is 13.1 Å². The molecule has 1 unspecified atom stereocenters. The van der Waals surface area contributed by atoms with Crippen LogP contribution in [0.15, 0.2) is 60.7 Å². The van der Waals surface area contributed by atoms with Gasteiger partial charge in [-0.15, -0.1) is 0 Å². The van der Waals surface area contributed by atoms with E-state index in [4.69, 9.17) is 0 Å². The molecule has 3 aliphatic heterocycles. The molecule has 36 heavy (non-hydrogen) atoms. The molecular weight excluding hydrogens is 454 g/mol. The van der Waals surface area contributed by atoms with Gasteiger partial charge in [0.15, 0.2) is 0 Å². The lowest BCUT2D eigenvalue weighted by Crippen LogP contribution is -2.52. The third-order valence-corrected chi connectivity index (χ3v) is 7.96. The Bertz CT molecular complexity index is 1380. The quantitative estimate of drug-likeness (QED) is 0.557. The van der Waals surface area contributed by atoms with Crippen molar-refractivity contribution >= 4 is 28.5 Å². The molecule has 184 valence electrons. The van der Waals surface area contributed by atoms with Crippen molar-refractivity contribution in [3.05, 3.63) is 82.9 Å². The molecule has 0 radical (unpaired) electrons. The molecule has 0 saturated carbocycles. The highest BCUT2D eigenvalue weighted by Gasteiger charge is 2.40. The Kier molecular flexibility index (Phi) is 5.62. The maximum atomic E-state index is 13.0. The van der Waals surface area contributed by atoms with E-state index in [0.29, 0.717) is 31.4 Å². The topological polar surface area (TPSA) is 90.0 Å². The molecule has 6 rings (SSSR count). The van der Waals surface area contributed by atoms with Crippen LogP contribution in [0.25, 0.3) is 10.8 Å². The first-order valence-electron chi connectivity index (χ1n) is 12.6. The Morgan fingerprint density at radius 1 is 0.944 bits per heavy atom. The highest BCUT2D eigenvalue weighted by molar-refractivity contribution is 6.05. The van der Waals surface area contributed by atoms with Crippen LogP contribution in [0.4, 0.5) is 0 Å². The number of benzene rings is 3. The molecule has 3 aliphatic rings. The summed E-state index contributed by atoms with van der Waals surface area (Å²) in [5, 5.41) is 16.3. The van der Waals surface area contributed by atoms with Crippen molar-refractivity contribution in [1.82, 2.24) is 15.1 Å². The largest absolute Gasteiger partial charge is 0.385 e. The number of fused-ring (bicyclic) bond motifs is 2. The molecule has 3 aromatic carbocycles. The lowest BCUT2D eigenvalue weighted by atomic mass is 9.83. The normalized spacial score (nSPS) is 22.1. The summed E-state index contributed by atoms with van der Waals surface area (Å²) in [6.07, 6.45) is 1.81. The van der Waals surface area contributed by atoms with Gasteiger partial charge in [0.1, 0.15) is 6.04 Å². The minimum Gasteiger partial charge on any atom is -0.385 e. The van der Waals surface area contributed by atoms with Crippen LogP contribution in [-0.2, 0) is 28.3 Å². The van der Waals surface area contributed by atoms with Crippen molar-refractivity contribution in [3.8, 4) is 0 Å². The smallest absolute Gasteiger partial charge is 0.255 e. The van der Waals surface area contributed by atoms with Crippen molar-refractivity contribution in [2.24, 2.45) is 0 Å². The molecule has 0 aliphatic carbocycles. The summed E-state index contributed by atoms with van der Waals surface area (Å²) in [4.78, 5) is 40.7. The second kappa shape index (κ2) is 8.84. The first-order valence-corrected chi connectivity index (χ1v) is 12.6. The van der Waals surface area contributed by atoms with E-state index >= 15 is 0 Å². The van der Waals surface area contributed by atoms with E-state index < -0.39 is 17.6 Å². The SMILES string of the molecule is O=C1CCC(N2Cc3cc(C4(O)CCN(Cc5ccc6ccccc6c5)CC4)ccc3C2=O)C(=O)N1. The molecule has 2 N–H and O–H groups in total. The van der Waals surface area contributed by atoms with Crippen molar-refractivity contribution in [1.29, 1.82) is 0 Å². The zero-order valence-electron chi connectivity index (χ0n) is 20.1.